The second-order valence-electron chi connectivity index (χ2n) is 4.54. The first kappa shape index (κ1) is 12.2. The van der Waals surface area contributed by atoms with Crippen molar-refractivity contribution in [1.29, 1.82) is 0 Å². The van der Waals surface area contributed by atoms with E-state index in [1.165, 1.54) is 14.2 Å². The molecule has 0 unspecified atom stereocenters. The summed E-state index contributed by atoms with van der Waals surface area (Å²) in [7, 11) is 0. The molecule has 0 radical (unpaired) electrons. The van der Waals surface area contributed by atoms with Gasteiger partial charge in [-0.25, -0.2) is 0 Å². The fraction of sp³-hybridized carbons (Fsp3) is 0.636. The predicted octanol–water partition coefficient (Wildman–Crippen LogP) is 3.75. The van der Waals surface area contributed by atoms with Crippen molar-refractivity contribution in [2.24, 2.45) is 0 Å². The lowest BCUT2D eigenvalue weighted by Gasteiger charge is -2.20. The Kier molecular flexibility index (Phi) is 4.16. The van der Waals surface area contributed by atoms with Gasteiger partial charge in [-0.3, -0.25) is 0 Å². The second-order valence-corrected chi connectivity index (χ2v) is 6.74. The average molecular weight is 276 g/mol. The molecule has 1 rings (SSSR count). The van der Waals surface area contributed by atoms with Gasteiger partial charge in [0.1, 0.15) is 0 Å². The highest BCUT2D eigenvalue weighted by Crippen LogP contribution is 2.26. The molecule has 1 aromatic rings. The van der Waals surface area contributed by atoms with Gasteiger partial charge in [0.2, 0.25) is 0 Å². The zero-order chi connectivity index (χ0) is 10.8. The summed E-state index contributed by atoms with van der Waals surface area (Å²) in [5.74, 6) is 0. The molecule has 80 valence electrons. The van der Waals surface area contributed by atoms with Gasteiger partial charge in [-0.2, -0.15) is 0 Å². The number of halogens is 1. The van der Waals surface area contributed by atoms with E-state index < -0.39 is 0 Å². The van der Waals surface area contributed by atoms with Crippen LogP contribution >= 0.6 is 27.3 Å². The molecule has 0 spiro atoms. The third-order valence-corrected chi connectivity index (χ3v) is 4.13. The van der Waals surface area contributed by atoms with Gasteiger partial charge in [-0.1, -0.05) is 0 Å². The highest BCUT2D eigenvalue weighted by molar-refractivity contribution is 9.10. The van der Waals surface area contributed by atoms with Gasteiger partial charge in [0.05, 0.1) is 0 Å². The van der Waals surface area contributed by atoms with Gasteiger partial charge < -0.3 is 5.32 Å². The molecule has 14 heavy (non-hydrogen) atoms. The van der Waals surface area contributed by atoms with Gasteiger partial charge in [0.15, 0.2) is 0 Å². The maximum absolute atomic E-state index is 3.54. The number of aryl methyl sites for hydroxylation is 1. The summed E-state index contributed by atoms with van der Waals surface area (Å²) in [5, 5.41) is 3.49. The number of rotatable bonds is 3. The molecular weight excluding hydrogens is 258 g/mol. The van der Waals surface area contributed by atoms with Crippen molar-refractivity contribution in [3.05, 3.63) is 20.3 Å². The van der Waals surface area contributed by atoms with Crippen LogP contribution in [0.1, 0.15) is 30.5 Å². The monoisotopic (exact) mass is 275 g/mol. The third-order valence-electron chi connectivity index (χ3n) is 1.93. The predicted molar refractivity (Wildman–Crippen MR) is 68.2 cm³/mol. The van der Waals surface area contributed by atoms with Gasteiger partial charge >= 0.3 is 0 Å². The molecule has 3 heteroatoms. The fourth-order valence-corrected chi connectivity index (χ4v) is 2.80. The Morgan fingerprint density at radius 1 is 1.43 bits per heavy atom. The standard InChI is InChI=1S/C11H18BrNS/c1-8-10(12)7-9(14-8)5-6-13-11(2,3)4/h7,13H,5-6H2,1-4H3. The van der Waals surface area contributed by atoms with Crippen LogP contribution in [0.15, 0.2) is 10.5 Å². The second kappa shape index (κ2) is 4.77. The topological polar surface area (TPSA) is 12.0 Å². The van der Waals surface area contributed by atoms with Crippen molar-refractivity contribution in [2.75, 3.05) is 6.54 Å². The SMILES string of the molecule is Cc1sc(CCNC(C)(C)C)cc1Br. The summed E-state index contributed by atoms with van der Waals surface area (Å²) in [4.78, 5) is 2.82. The van der Waals surface area contributed by atoms with E-state index in [1.54, 1.807) is 0 Å². The number of thiophene rings is 1. The van der Waals surface area contributed by atoms with Crippen molar-refractivity contribution in [2.45, 2.75) is 39.7 Å². The summed E-state index contributed by atoms with van der Waals surface area (Å²) < 4.78 is 1.24. The minimum atomic E-state index is 0.226. The Morgan fingerprint density at radius 2 is 2.07 bits per heavy atom. The van der Waals surface area contributed by atoms with Gasteiger partial charge in [-0.05, 0) is 56.1 Å². The molecule has 0 saturated heterocycles. The summed E-state index contributed by atoms with van der Waals surface area (Å²) in [5.41, 5.74) is 0.226. The normalized spacial score (nSPS) is 12.1. The Labute approximate surface area is 99.0 Å². The minimum Gasteiger partial charge on any atom is -0.312 e. The van der Waals surface area contributed by atoms with Crippen LogP contribution in [0, 0.1) is 6.92 Å². The summed E-state index contributed by atoms with van der Waals surface area (Å²) >= 11 is 5.42. The highest BCUT2D eigenvalue weighted by Gasteiger charge is 2.08. The van der Waals surface area contributed by atoms with Crippen molar-refractivity contribution < 1.29 is 0 Å². The fourth-order valence-electron chi connectivity index (χ4n) is 1.20. The van der Waals surface area contributed by atoms with Crippen LogP contribution in [0.3, 0.4) is 0 Å². The van der Waals surface area contributed by atoms with E-state index >= 15 is 0 Å². The summed E-state index contributed by atoms with van der Waals surface area (Å²) in [6.07, 6.45) is 1.12. The Bertz CT molecular complexity index is 279. The number of hydrogen-bond donors (Lipinski definition) is 1. The molecule has 0 aliphatic heterocycles. The van der Waals surface area contributed by atoms with E-state index in [-0.39, 0.29) is 5.54 Å². The lowest BCUT2D eigenvalue weighted by Crippen LogP contribution is -2.36. The van der Waals surface area contributed by atoms with E-state index in [2.05, 4.69) is 55.0 Å². The van der Waals surface area contributed by atoms with Crippen LogP contribution in [0.2, 0.25) is 0 Å². The Morgan fingerprint density at radius 3 is 2.50 bits per heavy atom. The van der Waals surface area contributed by atoms with Crippen LogP contribution in [0.25, 0.3) is 0 Å². The van der Waals surface area contributed by atoms with Crippen LogP contribution in [0.4, 0.5) is 0 Å². The molecule has 0 saturated carbocycles. The number of hydrogen-bond acceptors (Lipinski definition) is 2. The van der Waals surface area contributed by atoms with Crippen molar-refractivity contribution in [3.63, 3.8) is 0 Å². The van der Waals surface area contributed by atoms with Crippen LogP contribution in [0.5, 0.6) is 0 Å². The first-order valence-corrected chi connectivity index (χ1v) is 6.49. The molecule has 0 fully saturated rings. The van der Waals surface area contributed by atoms with Crippen molar-refractivity contribution in [3.8, 4) is 0 Å². The minimum absolute atomic E-state index is 0.226. The Hall–Kier alpha value is 0.140. The maximum Gasteiger partial charge on any atom is 0.0314 e. The molecule has 1 aromatic heterocycles. The third kappa shape index (κ3) is 4.11. The molecule has 1 nitrogen and oxygen atoms in total. The zero-order valence-electron chi connectivity index (χ0n) is 9.28. The smallest absolute Gasteiger partial charge is 0.0314 e. The molecule has 0 amide bonds. The van der Waals surface area contributed by atoms with Gasteiger partial charge in [0, 0.05) is 26.3 Å². The lowest BCUT2D eigenvalue weighted by molar-refractivity contribution is 0.430. The summed E-state index contributed by atoms with van der Waals surface area (Å²) in [6.45, 7) is 9.79. The largest absolute Gasteiger partial charge is 0.312 e. The molecule has 0 aliphatic carbocycles. The van der Waals surface area contributed by atoms with Crippen molar-refractivity contribution in [1.82, 2.24) is 5.32 Å². The van der Waals surface area contributed by atoms with Crippen LogP contribution < -0.4 is 5.32 Å². The van der Waals surface area contributed by atoms with Crippen LogP contribution in [-0.2, 0) is 6.42 Å². The van der Waals surface area contributed by atoms with E-state index in [9.17, 15) is 0 Å². The van der Waals surface area contributed by atoms with Gasteiger partial charge in [-0.15, -0.1) is 11.3 Å². The average Bonchev–Trinajstić information content (AvgIpc) is 2.28. The molecule has 0 bridgehead atoms. The quantitative estimate of drug-likeness (QED) is 0.886. The Balaban J connectivity index is 2.39. The summed E-state index contributed by atoms with van der Waals surface area (Å²) in [6, 6.07) is 2.23. The number of nitrogens with one attached hydrogen (secondary N) is 1. The molecule has 1 N–H and O–H groups in total. The van der Waals surface area contributed by atoms with E-state index in [1.807, 2.05) is 11.3 Å². The van der Waals surface area contributed by atoms with E-state index in [0.717, 1.165) is 13.0 Å². The van der Waals surface area contributed by atoms with Crippen LogP contribution in [-0.4, -0.2) is 12.1 Å². The van der Waals surface area contributed by atoms with Crippen molar-refractivity contribution >= 4 is 27.3 Å². The van der Waals surface area contributed by atoms with Gasteiger partial charge in [0.25, 0.3) is 0 Å². The molecule has 0 aromatic carbocycles. The molecule has 0 aliphatic rings. The zero-order valence-corrected chi connectivity index (χ0v) is 11.7. The highest BCUT2D eigenvalue weighted by atomic mass is 79.9. The molecular formula is C11H18BrNS. The van der Waals surface area contributed by atoms with E-state index in [0.29, 0.717) is 0 Å². The first-order chi connectivity index (χ1) is 6.38. The first-order valence-electron chi connectivity index (χ1n) is 4.88. The van der Waals surface area contributed by atoms with E-state index in [4.69, 9.17) is 0 Å². The lowest BCUT2D eigenvalue weighted by atomic mass is 10.1. The molecule has 1 heterocycles. The molecule has 0 atom stereocenters. The maximum atomic E-state index is 3.54.